The van der Waals surface area contributed by atoms with Crippen molar-refractivity contribution in [1.29, 1.82) is 0 Å². The van der Waals surface area contributed by atoms with Crippen molar-refractivity contribution >= 4 is 29.4 Å². The largest absolute Gasteiger partial charge is 0.454 e. The van der Waals surface area contributed by atoms with Crippen molar-refractivity contribution in [2.24, 2.45) is 11.8 Å². The molecule has 0 saturated carbocycles. The number of anilines is 1. The molecule has 3 aromatic rings. The fourth-order valence-corrected chi connectivity index (χ4v) is 7.13. The standard InChI is InChI=1S/C34H34N2O5/c1-4-5-14-26(34(40)41-18-27(37)35-25-16-15-19(2)17-20(25)3)36-32(38)30-28-21-10-6-7-11-22(21)29(31(30)33(36)39)24-13-9-8-12-23(24)28/h6-13,15-17,26,28-31H,4-5,14,18H2,1-3H3,(H,35,37)/t26-,28?,29?,30-,31+/m0/s1. The van der Waals surface area contributed by atoms with Gasteiger partial charge in [0.25, 0.3) is 5.91 Å². The van der Waals surface area contributed by atoms with E-state index in [0.29, 0.717) is 18.5 Å². The fraction of sp³-hybridized carbons (Fsp3) is 0.353. The summed E-state index contributed by atoms with van der Waals surface area (Å²) >= 11 is 0. The minimum absolute atomic E-state index is 0.245. The van der Waals surface area contributed by atoms with Crippen LogP contribution in [0.2, 0.25) is 0 Å². The first-order valence-corrected chi connectivity index (χ1v) is 14.4. The van der Waals surface area contributed by atoms with Crippen LogP contribution in [0.1, 0.15) is 71.4 Å². The highest BCUT2D eigenvalue weighted by molar-refractivity contribution is 6.10. The number of carbonyl (C=O) groups excluding carboxylic acids is 4. The van der Waals surface area contributed by atoms with Crippen LogP contribution in [0.15, 0.2) is 66.7 Å². The van der Waals surface area contributed by atoms with E-state index < -0.39 is 36.4 Å². The van der Waals surface area contributed by atoms with Gasteiger partial charge in [-0.2, -0.15) is 0 Å². The number of imide groups is 1. The Morgan fingerprint density at radius 2 is 1.39 bits per heavy atom. The van der Waals surface area contributed by atoms with E-state index in [9.17, 15) is 19.2 Å². The zero-order valence-corrected chi connectivity index (χ0v) is 23.6. The molecule has 4 aliphatic rings. The van der Waals surface area contributed by atoms with Crippen LogP contribution in [-0.4, -0.2) is 41.2 Å². The summed E-state index contributed by atoms with van der Waals surface area (Å²) in [6.07, 6.45) is 1.70. The second kappa shape index (κ2) is 10.6. The van der Waals surface area contributed by atoms with E-state index in [-0.39, 0.29) is 23.7 Å². The maximum atomic E-state index is 14.1. The first-order valence-electron chi connectivity index (χ1n) is 14.4. The van der Waals surface area contributed by atoms with Gasteiger partial charge in [-0.05, 0) is 54.2 Å². The summed E-state index contributed by atoms with van der Waals surface area (Å²) in [6, 6.07) is 20.7. The van der Waals surface area contributed by atoms with Crippen LogP contribution >= 0.6 is 0 Å². The third-order valence-electron chi connectivity index (χ3n) is 8.90. The summed E-state index contributed by atoms with van der Waals surface area (Å²) < 4.78 is 5.46. The Morgan fingerprint density at radius 1 is 0.854 bits per heavy atom. The molecule has 7 rings (SSSR count). The Bertz CT molecular complexity index is 1450. The molecule has 2 bridgehead atoms. The van der Waals surface area contributed by atoms with Gasteiger partial charge in [0.05, 0.1) is 11.8 Å². The first kappa shape index (κ1) is 26.9. The molecule has 1 fully saturated rings. The number of benzene rings is 3. The van der Waals surface area contributed by atoms with Gasteiger partial charge >= 0.3 is 5.97 Å². The molecule has 7 heteroatoms. The highest BCUT2D eigenvalue weighted by Crippen LogP contribution is 2.61. The van der Waals surface area contributed by atoms with Gasteiger partial charge < -0.3 is 10.1 Å². The molecule has 1 saturated heterocycles. The molecule has 3 amide bonds. The fourth-order valence-electron chi connectivity index (χ4n) is 7.13. The molecule has 1 N–H and O–H groups in total. The van der Waals surface area contributed by atoms with Crippen LogP contribution in [0.3, 0.4) is 0 Å². The molecular formula is C34H34N2O5. The van der Waals surface area contributed by atoms with E-state index in [4.69, 9.17) is 4.74 Å². The van der Waals surface area contributed by atoms with Crippen molar-refractivity contribution in [2.45, 2.75) is 57.9 Å². The first-order chi connectivity index (χ1) is 19.8. The zero-order valence-electron chi connectivity index (χ0n) is 23.6. The summed E-state index contributed by atoms with van der Waals surface area (Å²) in [6.45, 7) is 5.35. The monoisotopic (exact) mass is 550 g/mol. The number of amides is 3. The van der Waals surface area contributed by atoms with E-state index in [1.165, 1.54) is 4.90 Å². The molecule has 7 nitrogen and oxygen atoms in total. The normalized spacial score (nSPS) is 22.6. The molecule has 0 spiro atoms. The maximum Gasteiger partial charge on any atom is 0.329 e. The smallest absolute Gasteiger partial charge is 0.329 e. The van der Waals surface area contributed by atoms with E-state index in [1.807, 2.05) is 63.2 Å². The van der Waals surface area contributed by atoms with Crippen LogP contribution in [0.4, 0.5) is 5.69 Å². The lowest BCUT2D eigenvalue weighted by Crippen LogP contribution is -2.47. The molecular weight excluding hydrogens is 516 g/mol. The number of nitrogens with one attached hydrogen (secondary N) is 1. The SMILES string of the molecule is CCCC[C@@H](C(=O)OCC(=O)Nc1ccc(C)cc1C)N1C(=O)[C@@H]2C3c4ccccc4C(c4ccccc43)[C@@H]2C1=O. The van der Waals surface area contributed by atoms with Gasteiger partial charge in [0.2, 0.25) is 11.8 Å². The molecule has 0 radical (unpaired) electrons. The Labute approximate surface area is 239 Å². The summed E-state index contributed by atoms with van der Waals surface area (Å²) in [5, 5.41) is 2.78. The lowest BCUT2D eigenvalue weighted by molar-refractivity contribution is -0.160. The summed E-state index contributed by atoms with van der Waals surface area (Å²) in [4.78, 5) is 55.6. The second-order valence-electron chi connectivity index (χ2n) is 11.4. The van der Waals surface area contributed by atoms with Gasteiger partial charge in [-0.15, -0.1) is 0 Å². The van der Waals surface area contributed by atoms with Gasteiger partial charge in [0.15, 0.2) is 6.61 Å². The zero-order chi connectivity index (χ0) is 28.8. The Hall–Kier alpha value is -4.26. The van der Waals surface area contributed by atoms with E-state index in [0.717, 1.165) is 39.8 Å². The number of hydrogen-bond donors (Lipinski definition) is 1. The lowest BCUT2D eigenvalue weighted by Gasteiger charge is -2.45. The van der Waals surface area contributed by atoms with Crippen molar-refractivity contribution in [1.82, 2.24) is 4.90 Å². The second-order valence-corrected chi connectivity index (χ2v) is 11.4. The highest BCUT2D eigenvalue weighted by Gasteiger charge is 2.63. The Morgan fingerprint density at radius 3 is 1.88 bits per heavy atom. The third kappa shape index (κ3) is 4.44. The molecule has 3 atom stereocenters. The van der Waals surface area contributed by atoms with E-state index >= 15 is 0 Å². The number of likely N-dealkylation sites (tertiary alicyclic amines) is 1. The topological polar surface area (TPSA) is 92.8 Å². The van der Waals surface area contributed by atoms with E-state index in [1.54, 1.807) is 0 Å². The number of rotatable bonds is 8. The van der Waals surface area contributed by atoms with Crippen LogP contribution in [0.5, 0.6) is 0 Å². The number of ether oxygens (including phenoxy) is 1. The van der Waals surface area contributed by atoms with Gasteiger partial charge in [-0.25, -0.2) is 4.79 Å². The van der Waals surface area contributed by atoms with Gasteiger partial charge in [0.1, 0.15) is 6.04 Å². The van der Waals surface area contributed by atoms with Gasteiger partial charge in [-0.3, -0.25) is 19.3 Å². The molecule has 210 valence electrons. The van der Waals surface area contributed by atoms with Crippen molar-refractivity contribution < 1.29 is 23.9 Å². The van der Waals surface area contributed by atoms with Crippen LogP contribution in [0.25, 0.3) is 0 Å². The quantitative estimate of drug-likeness (QED) is 0.306. The summed E-state index contributed by atoms with van der Waals surface area (Å²) in [5.74, 6) is -3.47. The molecule has 3 aliphatic carbocycles. The molecule has 1 heterocycles. The van der Waals surface area contributed by atoms with Crippen molar-refractivity contribution in [3.63, 3.8) is 0 Å². The minimum Gasteiger partial charge on any atom is -0.454 e. The molecule has 41 heavy (non-hydrogen) atoms. The number of unbranched alkanes of at least 4 members (excludes halogenated alkanes) is 1. The lowest BCUT2D eigenvalue weighted by atomic mass is 9.55. The Balaban J connectivity index is 1.26. The maximum absolute atomic E-state index is 14.1. The number of nitrogens with zero attached hydrogens (tertiary/aromatic N) is 1. The number of esters is 1. The molecule has 0 aromatic heterocycles. The summed E-state index contributed by atoms with van der Waals surface area (Å²) in [7, 11) is 0. The number of carbonyl (C=O) groups is 4. The van der Waals surface area contributed by atoms with Crippen molar-refractivity contribution in [3.05, 3.63) is 100 Å². The average Bonchev–Trinajstić information content (AvgIpc) is 3.24. The van der Waals surface area contributed by atoms with Gasteiger partial charge in [0, 0.05) is 17.5 Å². The van der Waals surface area contributed by atoms with Crippen molar-refractivity contribution in [2.75, 3.05) is 11.9 Å². The molecule has 3 aromatic carbocycles. The van der Waals surface area contributed by atoms with Crippen LogP contribution < -0.4 is 5.32 Å². The molecule has 1 aliphatic heterocycles. The van der Waals surface area contributed by atoms with Crippen molar-refractivity contribution in [3.8, 4) is 0 Å². The average molecular weight is 551 g/mol. The van der Waals surface area contributed by atoms with Gasteiger partial charge in [-0.1, -0.05) is 86.0 Å². The Kier molecular flexibility index (Phi) is 6.98. The summed E-state index contributed by atoms with van der Waals surface area (Å²) in [5.41, 5.74) is 6.94. The molecule has 0 unspecified atom stereocenters. The van der Waals surface area contributed by atoms with E-state index in [2.05, 4.69) is 29.6 Å². The predicted molar refractivity (Wildman–Crippen MR) is 154 cm³/mol. The highest BCUT2D eigenvalue weighted by atomic mass is 16.5. The minimum atomic E-state index is -1.07. The van der Waals surface area contributed by atoms with Crippen LogP contribution in [0, 0.1) is 25.7 Å². The predicted octanol–water partition coefficient (Wildman–Crippen LogP) is 5.24. The van der Waals surface area contributed by atoms with Crippen LogP contribution in [-0.2, 0) is 23.9 Å². The number of aryl methyl sites for hydroxylation is 2. The number of hydrogen-bond acceptors (Lipinski definition) is 5. The third-order valence-corrected chi connectivity index (χ3v) is 8.90.